The third kappa shape index (κ3) is 8.82. The van der Waals surface area contributed by atoms with Crippen LogP contribution in [0.25, 0.3) is 0 Å². The number of nitrogens with zero attached hydrogens (tertiary/aromatic N) is 2. The second kappa shape index (κ2) is 15.0. The number of benzene rings is 4. The van der Waals surface area contributed by atoms with Crippen molar-refractivity contribution < 1.29 is 18.0 Å². The van der Waals surface area contributed by atoms with Crippen molar-refractivity contribution in [1.29, 1.82) is 0 Å². The minimum absolute atomic E-state index is 0.0809. The van der Waals surface area contributed by atoms with Crippen molar-refractivity contribution >= 4 is 27.5 Å². The molecule has 0 spiro atoms. The first-order valence-electron chi connectivity index (χ1n) is 15.3. The molecule has 7 nitrogen and oxygen atoms in total. The van der Waals surface area contributed by atoms with Gasteiger partial charge in [-0.3, -0.25) is 13.9 Å². The van der Waals surface area contributed by atoms with Gasteiger partial charge in [-0.05, 0) is 80.6 Å². The van der Waals surface area contributed by atoms with E-state index in [1.54, 1.807) is 30.3 Å². The third-order valence-electron chi connectivity index (χ3n) is 7.85. The van der Waals surface area contributed by atoms with E-state index in [9.17, 15) is 18.0 Å². The van der Waals surface area contributed by atoms with E-state index in [1.165, 1.54) is 21.3 Å². The van der Waals surface area contributed by atoms with Crippen LogP contribution in [0.4, 0.5) is 5.69 Å². The molecule has 0 bridgehead atoms. The van der Waals surface area contributed by atoms with E-state index in [1.807, 2.05) is 95.3 Å². The largest absolute Gasteiger partial charge is 0.352 e. The second-order valence-electron chi connectivity index (χ2n) is 11.7. The SMILES string of the molecule is CC[C@H](C)NC(=O)[C@@H](Cc1ccccc1)N(Cc1ccc(C)cc1)C(=O)CN(c1cc(C)cc(C)c1)S(=O)(=O)c1ccccc1. The maximum Gasteiger partial charge on any atom is 0.264 e. The van der Waals surface area contributed by atoms with Gasteiger partial charge < -0.3 is 10.2 Å². The fourth-order valence-corrected chi connectivity index (χ4v) is 6.65. The minimum atomic E-state index is -4.14. The van der Waals surface area contributed by atoms with Gasteiger partial charge in [0.15, 0.2) is 0 Å². The summed E-state index contributed by atoms with van der Waals surface area (Å²) in [5, 5.41) is 3.07. The summed E-state index contributed by atoms with van der Waals surface area (Å²) < 4.78 is 29.5. The first kappa shape index (κ1) is 33.5. The lowest BCUT2D eigenvalue weighted by atomic mass is 10.0. The second-order valence-corrected chi connectivity index (χ2v) is 13.6. The smallest absolute Gasteiger partial charge is 0.264 e. The van der Waals surface area contributed by atoms with Crippen LogP contribution in [0.5, 0.6) is 0 Å². The Labute approximate surface area is 268 Å². The van der Waals surface area contributed by atoms with Gasteiger partial charge in [-0.25, -0.2) is 8.42 Å². The Morgan fingerprint density at radius 2 is 1.33 bits per heavy atom. The molecule has 0 heterocycles. The first-order chi connectivity index (χ1) is 21.5. The monoisotopic (exact) mass is 625 g/mol. The molecule has 0 saturated heterocycles. The van der Waals surface area contributed by atoms with Gasteiger partial charge >= 0.3 is 0 Å². The summed E-state index contributed by atoms with van der Waals surface area (Å²) in [5.74, 6) is -0.757. The molecule has 236 valence electrons. The van der Waals surface area contributed by atoms with Gasteiger partial charge in [0.25, 0.3) is 10.0 Å². The lowest BCUT2D eigenvalue weighted by Crippen LogP contribution is -2.54. The predicted molar refractivity (Wildman–Crippen MR) is 180 cm³/mol. The zero-order chi connectivity index (χ0) is 32.6. The number of anilines is 1. The number of hydrogen-bond donors (Lipinski definition) is 1. The van der Waals surface area contributed by atoms with Crippen molar-refractivity contribution in [3.63, 3.8) is 0 Å². The zero-order valence-electron chi connectivity index (χ0n) is 26.7. The highest BCUT2D eigenvalue weighted by molar-refractivity contribution is 7.92. The van der Waals surface area contributed by atoms with Crippen LogP contribution in [-0.4, -0.2) is 43.8 Å². The average Bonchev–Trinajstić information content (AvgIpc) is 3.02. The van der Waals surface area contributed by atoms with Crippen molar-refractivity contribution in [3.05, 3.63) is 131 Å². The Morgan fingerprint density at radius 3 is 1.91 bits per heavy atom. The van der Waals surface area contributed by atoms with Crippen LogP contribution in [0.15, 0.2) is 108 Å². The Hall–Kier alpha value is -4.43. The molecule has 2 amide bonds. The fourth-order valence-electron chi connectivity index (χ4n) is 5.23. The third-order valence-corrected chi connectivity index (χ3v) is 9.64. The number of amides is 2. The molecule has 4 rings (SSSR count). The molecule has 1 N–H and O–H groups in total. The van der Waals surface area contributed by atoms with E-state index in [-0.39, 0.29) is 29.8 Å². The molecular weight excluding hydrogens is 582 g/mol. The normalized spacial score (nSPS) is 12.6. The van der Waals surface area contributed by atoms with Gasteiger partial charge in [0, 0.05) is 19.0 Å². The predicted octanol–water partition coefficient (Wildman–Crippen LogP) is 6.36. The summed E-state index contributed by atoms with van der Waals surface area (Å²) in [6, 6.07) is 30.0. The minimum Gasteiger partial charge on any atom is -0.352 e. The van der Waals surface area contributed by atoms with Gasteiger partial charge in [0.2, 0.25) is 11.8 Å². The molecule has 0 saturated carbocycles. The van der Waals surface area contributed by atoms with E-state index < -0.39 is 28.5 Å². The van der Waals surface area contributed by atoms with Crippen molar-refractivity contribution in [2.24, 2.45) is 0 Å². The Bertz CT molecular complexity index is 1670. The summed E-state index contributed by atoms with van der Waals surface area (Å²) in [7, 11) is -4.14. The summed E-state index contributed by atoms with van der Waals surface area (Å²) in [5.41, 5.74) is 4.94. The average molecular weight is 626 g/mol. The quantitative estimate of drug-likeness (QED) is 0.187. The van der Waals surface area contributed by atoms with Crippen molar-refractivity contribution in [2.45, 2.75) is 71.0 Å². The molecule has 4 aromatic carbocycles. The van der Waals surface area contributed by atoms with E-state index in [0.717, 1.165) is 34.2 Å². The van der Waals surface area contributed by atoms with Crippen LogP contribution in [0, 0.1) is 20.8 Å². The van der Waals surface area contributed by atoms with Gasteiger partial charge in [0.1, 0.15) is 12.6 Å². The van der Waals surface area contributed by atoms with Crippen LogP contribution >= 0.6 is 0 Å². The summed E-state index contributed by atoms with van der Waals surface area (Å²) in [6.07, 6.45) is 1.00. The van der Waals surface area contributed by atoms with Crippen LogP contribution in [0.2, 0.25) is 0 Å². The number of sulfonamides is 1. The maximum absolute atomic E-state index is 14.6. The summed E-state index contributed by atoms with van der Waals surface area (Å²) >= 11 is 0. The zero-order valence-corrected chi connectivity index (χ0v) is 27.6. The molecule has 0 fully saturated rings. The molecule has 8 heteroatoms. The number of carbonyl (C=O) groups is 2. The van der Waals surface area contributed by atoms with Gasteiger partial charge in [0.05, 0.1) is 10.6 Å². The standard InChI is InChI=1S/C37H43N3O4S/c1-6-30(5)38-37(42)35(24-31-13-9-7-10-14-31)39(25-32-19-17-27(2)18-20-32)36(41)26-40(33-22-28(3)21-29(4)23-33)45(43,44)34-15-11-8-12-16-34/h7-23,30,35H,6,24-26H2,1-5H3,(H,38,42)/t30-,35+/m0/s1. The van der Waals surface area contributed by atoms with Crippen molar-refractivity contribution in [1.82, 2.24) is 10.2 Å². The molecule has 0 radical (unpaired) electrons. The Morgan fingerprint density at radius 1 is 0.756 bits per heavy atom. The van der Waals surface area contributed by atoms with Crippen molar-refractivity contribution in [3.8, 4) is 0 Å². The lowest BCUT2D eigenvalue weighted by Gasteiger charge is -2.34. The van der Waals surface area contributed by atoms with Crippen LogP contribution in [0.1, 0.15) is 48.1 Å². The number of hydrogen-bond acceptors (Lipinski definition) is 4. The summed E-state index contributed by atoms with van der Waals surface area (Å²) in [4.78, 5) is 30.1. The highest BCUT2D eigenvalue weighted by Gasteiger charge is 2.35. The van der Waals surface area contributed by atoms with E-state index in [4.69, 9.17) is 0 Å². The topological polar surface area (TPSA) is 86.8 Å². The molecule has 4 aromatic rings. The van der Waals surface area contributed by atoms with E-state index >= 15 is 0 Å². The maximum atomic E-state index is 14.6. The molecule has 0 aromatic heterocycles. The van der Waals surface area contributed by atoms with E-state index in [2.05, 4.69) is 5.32 Å². The van der Waals surface area contributed by atoms with Gasteiger partial charge in [-0.2, -0.15) is 0 Å². The number of aryl methyl sites for hydroxylation is 3. The molecule has 2 atom stereocenters. The number of carbonyl (C=O) groups excluding carboxylic acids is 2. The highest BCUT2D eigenvalue weighted by Crippen LogP contribution is 2.27. The van der Waals surface area contributed by atoms with E-state index in [0.29, 0.717) is 5.69 Å². The van der Waals surface area contributed by atoms with Crippen LogP contribution in [0.3, 0.4) is 0 Å². The van der Waals surface area contributed by atoms with Crippen LogP contribution < -0.4 is 9.62 Å². The Kier molecular flexibility index (Phi) is 11.2. The van der Waals surface area contributed by atoms with Gasteiger partial charge in [-0.15, -0.1) is 0 Å². The first-order valence-corrected chi connectivity index (χ1v) is 16.8. The Balaban J connectivity index is 1.82. The van der Waals surface area contributed by atoms with Gasteiger partial charge in [-0.1, -0.05) is 91.3 Å². The van der Waals surface area contributed by atoms with Crippen LogP contribution in [-0.2, 0) is 32.6 Å². The molecule has 0 aliphatic carbocycles. The molecule has 0 unspecified atom stereocenters. The highest BCUT2D eigenvalue weighted by atomic mass is 32.2. The number of nitrogens with one attached hydrogen (secondary N) is 1. The molecule has 45 heavy (non-hydrogen) atoms. The molecular formula is C37H43N3O4S. The molecule has 0 aliphatic rings. The summed E-state index contributed by atoms with van der Waals surface area (Å²) in [6.45, 7) is 9.35. The lowest BCUT2D eigenvalue weighted by molar-refractivity contribution is -0.140. The van der Waals surface area contributed by atoms with Crippen molar-refractivity contribution in [2.75, 3.05) is 10.8 Å². The number of rotatable bonds is 13. The fraction of sp³-hybridized carbons (Fsp3) is 0.297. The molecule has 0 aliphatic heterocycles.